The van der Waals surface area contributed by atoms with Crippen LogP contribution in [0.15, 0.2) is 170 Å². The fraction of sp³-hybridized carbons (Fsp3) is 0.333. The number of carbonyl (C=O) groups excluding carboxylic acids is 4. The van der Waals surface area contributed by atoms with Crippen molar-refractivity contribution in [2.45, 2.75) is 76.9 Å². The van der Waals surface area contributed by atoms with Crippen molar-refractivity contribution in [3.05, 3.63) is 255 Å². The van der Waals surface area contributed by atoms with Crippen molar-refractivity contribution in [1.82, 2.24) is 31.1 Å². The minimum atomic E-state index is -1.03. The number of benzene rings is 8. The van der Waals surface area contributed by atoms with Crippen LogP contribution in [0.3, 0.4) is 0 Å². The topological polar surface area (TPSA) is 215 Å². The quantitative estimate of drug-likeness (QED) is 0.0762. The molecular formula is C81H87Cl10N11O8. The molecule has 19 nitrogen and oxygen atoms in total. The summed E-state index contributed by atoms with van der Waals surface area (Å²) in [6.07, 6.45) is -0.708. The van der Waals surface area contributed by atoms with Gasteiger partial charge in [0.1, 0.15) is 11.2 Å². The van der Waals surface area contributed by atoms with Gasteiger partial charge in [-0.3, -0.25) is 9.59 Å². The molecule has 110 heavy (non-hydrogen) atoms. The minimum Gasteiger partial charge on any atom is -0.478 e. The second-order valence-electron chi connectivity index (χ2n) is 27.6. The normalized spacial score (nSPS) is 17.0. The molecule has 0 aromatic heterocycles. The van der Waals surface area contributed by atoms with Gasteiger partial charge in [-0.2, -0.15) is 5.26 Å². The molecule has 4 amide bonds. The van der Waals surface area contributed by atoms with E-state index in [0.29, 0.717) is 91.8 Å². The number of piperazine rings is 4. The van der Waals surface area contributed by atoms with Crippen LogP contribution in [-0.2, 0) is 9.47 Å². The Hall–Kier alpha value is -7.78. The van der Waals surface area contributed by atoms with Gasteiger partial charge in [-0.15, -0.1) is 23.2 Å². The first-order valence-electron chi connectivity index (χ1n) is 35.2. The van der Waals surface area contributed by atoms with Gasteiger partial charge in [-0.25, -0.2) is 14.4 Å². The van der Waals surface area contributed by atoms with Crippen LogP contribution in [0, 0.1) is 11.3 Å². The van der Waals surface area contributed by atoms with Gasteiger partial charge in [0.15, 0.2) is 0 Å². The van der Waals surface area contributed by atoms with E-state index in [4.69, 9.17) is 131 Å². The van der Waals surface area contributed by atoms with Crippen LogP contribution in [0.4, 0.5) is 32.3 Å². The number of hydrogen-bond donors (Lipinski definition) is 5. The summed E-state index contributed by atoms with van der Waals surface area (Å²) in [6.45, 7) is 19.1. The lowest BCUT2D eigenvalue weighted by Gasteiger charge is -2.43. The van der Waals surface area contributed by atoms with Crippen molar-refractivity contribution in [2.75, 3.05) is 118 Å². The molecule has 8 aromatic rings. The molecule has 4 aliphatic heterocycles. The maximum atomic E-state index is 12.7. The number of alkyl halides is 2. The molecule has 4 atom stereocenters. The Labute approximate surface area is 693 Å². The fourth-order valence-corrected chi connectivity index (χ4v) is 14.4. The Morgan fingerprint density at radius 2 is 0.727 bits per heavy atom. The third-order valence-electron chi connectivity index (χ3n) is 18.0. The van der Waals surface area contributed by atoms with Crippen molar-refractivity contribution < 1.29 is 38.6 Å². The Morgan fingerprint density at radius 3 is 1.02 bits per heavy atom. The van der Waals surface area contributed by atoms with E-state index >= 15 is 0 Å². The van der Waals surface area contributed by atoms with Crippen molar-refractivity contribution in [3.63, 3.8) is 0 Å². The summed E-state index contributed by atoms with van der Waals surface area (Å²) in [4.78, 5) is 72.5. The molecule has 0 aliphatic carbocycles. The lowest BCUT2D eigenvalue weighted by molar-refractivity contribution is 0.0204. The number of rotatable bonds is 11. The lowest BCUT2D eigenvalue weighted by atomic mass is 10.0. The first-order valence-corrected chi connectivity index (χ1v) is 39.3. The highest BCUT2D eigenvalue weighted by molar-refractivity contribution is 6.40. The average Bonchev–Trinajstić information content (AvgIpc) is 0.798. The standard InChI is InChI=1S/C23H27Cl2N3O3.C22H24Cl2N2O4.C18H19Cl2N3O.C17H15Cl2N3.CH2Cl2/c1-23(2,3)31-22(30)27-11-12-28(20(14-27)15-5-8-17(24)9-6-15)19-10-7-16(13-18(19)25)21(29)26-4;1-22(2,3)30-21(29)25-10-11-26(18-9-6-15(20(27)28)12-17(18)24)19(13-25)14-4-7-16(23)8-5-14;1-21-18(24)13-4-7-16(15(20)10-13)23-9-8-22-11-17(23)12-2-5-14(19)6-3-12;18-14-4-2-13(3-5-14)17-11-21-7-8-22(17)16-6-1-12(10-20)9-15(16)19;2-1-3/h5-10,13,20H,11-12,14H2,1-4H3,(H,26,29);4-9,12,19H,10-11,13H2,1-3H3,(H,27,28);2-7,10,17,22H,8-9,11H2,1H3,(H,21,24);1-6,9,17,21H,7-8,11H2;1H2/t20-;19-;2*17-;/m0000./s1. The maximum Gasteiger partial charge on any atom is 0.410 e. The lowest BCUT2D eigenvalue weighted by Crippen LogP contribution is -2.51. The summed E-state index contributed by atoms with van der Waals surface area (Å²) < 4.78 is 11.1. The molecule has 0 bridgehead atoms. The van der Waals surface area contributed by atoms with Gasteiger partial charge in [0, 0.05) is 124 Å². The van der Waals surface area contributed by atoms with Gasteiger partial charge in [0.05, 0.1) is 89.5 Å². The third-order valence-corrected chi connectivity index (χ3v) is 20.2. The Kier molecular flexibility index (Phi) is 32.8. The summed E-state index contributed by atoms with van der Waals surface area (Å²) in [5.74, 6) is -1.37. The predicted octanol–water partition coefficient (Wildman–Crippen LogP) is 19.6. The molecule has 29 heteroatoms. The van der Waals surface area contributed by atoms with Gasteiger partial charge < -0.3 is 65.2 Å². The zero-order chi connectivity index (χ0) is 80.1. The van der Waals surface area contributed by atoms with Crippen molar-refractivity contribution in [1.29, 1.82) is 5.26 Å². The van der Waals surface area contributed by atoms with Crippen LogP contribution < -0.4 is 40.9 Å². The van der Waals surface area contributed by atoms with E-state index in [1.54, 1.807) is 72.4 Å². The number of hydrogen-bond acceptors (Lipinski definition) is 14. The van der Waals surface area contributed by atoms with Crippen LogP contribution in [0.1, 0.15) is 125 Å². The average molecular weight is 1700 g/mol. The number of carboxylic acids is 1. The van der Waals surface area contributed by atoms with Crippen LogP contribution >= 0.6 is 116 Å². The van der Waals surface area contributed by atoms with Crippen LogP contribution in [0.25, 0.3) is 0 Å². The number of aromatic carboxylic acids is 1. The molecule has 0 spiro atoms. The molecule has 0 saturated carbocycles. The summed E-state index contributed by atoms with van der Waals surface area (Å²) in [7, 11) is 3.19. The first-order chi connectivity index (χ1) is 52.3. The van der Waals surface area contributed by atoms with Gasteiger partial charge in [-0.05, 0) is 185 Å². The minimum absolute atomic E-state index is 0.124. The number of carboxylic acid groups (broad SMARTS) is 1. The van der Waals surface area contributed by atoms with Gasteiger partial charge >= 0.3 is 18.2 Å². The Bertz CT molecular complexity index is 4490. The molecule has 12 rings (SSSR count). The molecule has 4 fully saturated rings. The molecule has 0 radical (unpaired) electrons. The third kappa shape index (κ3) is 24.6. The monoisotopic (exact) mass is 1690 g/mol. The highest BCUT2D eigenvalue weighted by Crippen LogP contribution is 2.41. The SMILES string of the molecule is CC(C)(C)OC(=O)N1CCN(c2ccc(C(=O)O)cc2Cl)[C@H](c2ccc(Cl)cc2)C1.CNC(=O)c1ccc(N2CCN(C(=O)OC(C)(C)C)C[C@H]2c2ccc(Cl)cc2)c(Cl)c1.CNC(=O)c1ccc(N2CCNC[C@H]2c2ccc(Cl)cc2)c(Cl)c1.ClCCl.N#Cc1ccc(N2CCNC[C@H]2c2ccc(Cl)cc2)c(Cl)c1. The summed E-state index contributed by atoms with van der Waals surface area (Å²) >= 11 is 59.5. The molecule has 584 valence electrons. The fourth-order valence-electron chi connectivity index (χ4n) is 12.8. The molecule has 4 aliphatic rings. The van der Waals surface area contributed by atoms with E-state index in [9.17, 15) is 29.1 Å². The van der Waals surface area contributed by atoms with Crippen molar-refractivity contribution in [3.8, 4) is 6.07 Å². The second-order valence-corrected chi connectivity index (χ2v) is 31.8. The van der Waals surface area contributed by atoms with Crippen molar-refractivity contribution in [2.24, 2.45) is 0 Å². The van der Waals surface area contributed by atoms with Gasteiger partial charge in [0.25, 0.3) is 11.8 Å². The molecule has 4 heterocycles. The van der Waals surface area contributed by atoms with E-state index in [0.717, 1.165) is 77.5 Å². The number of amides is 4. The number of anilines is 4. The van der Waals surface area contributed by atoms with Crippen molar-refractivity contribution >= 4 is 169 Å². The number of nitrogens with zero attached hydrogens (tertiary/aromatic N) is 7. The predicted molar refractivity (Wildman–Crippen MR) is 448 cm³/mol. The molecule has 0 unspecified atom stereocenters. The highest BCUT2D eigenvalue weighted by Gasteiger charge is 2.37. The van der Waals surface area contributed by atoms with Crippen LogP contribution in [0.2, 0.25) is 40.2 Å². The van der Waals surface area contributed by atoms with E-state index in [1.807, 2.05) is 151 Å². The summed E-state index contributed by atoms with van der Waals surface area (Å²) in [5.41, 5.74) is 8.35. The number of ether oxygens (including phenoxy) is 2. The second kappa shape index (κ2) is 41.1. The Morgan fingerprint density at radius 1 is 0.436 bits per heavy atom. The zero-order valence-electron chi connectivity index (χ0n) is 61.9. The smallest absolute Gasteiger partial charge is 0.410 e. The number of halogens is 10. The first kappa shape index (κ1) is 87.8. The van der Waals surface area contributed by atoms with E-state index in [-0.39, 0.29) is 59.1 Å². The number of carbonyl (C=O) groups is 5. The van der Waals surface area contributed by atoms with Crippen LogP contribution in [-0.4, -0.2) is 154 Å². The largest absolute Gasteiger partial charge is 0.478 e. The Balaban J connectivity index is 0.000000183. The molecule has 4 saturated heterocycles. The van der Waals surface area contributed by atoms with Gasteiger partial charge in [0.2, 0.25) is 0 Å². The highest BCUT2D eigenvalue weighted by atomic mass is 35.5. The van der Waals surface area contributed by atoms with E-state index in [1.165, 1.54) is 23.3 Å². The molecular weight excluding hydrogens is 1610 g/mol. The molecule has 8 aromatic carbocycles. The zero-order valence-corrected chi connectivity index (χ0v) is 69.4. The number of nitrogens with one attached hydrogen (secondary N) is 4. The van der Waals surface area contributed by atoms with Gasteiger partial charge in [-0.1, -0.05) is 141 Å². The van der Waals surface area contributed by atoms with E-state index in [2.05, 4.69) is 46.9 Å². The summed E-state index contributed by atoms with van der Waals surface area (Å²) in [6, 6.07) is 53.7. The number of nitriles is 1. The maximum absolute atomic E-state index is 12.7. The molecule has 5 N–H and O–H groups in total. The van der Waals surface area contributed by atoms with E-state index < -0.39 is 17.2 Å². The van der Waals surface area contributed by atoms with Crippen LogP contribution in [0.5, 0.6) is 0 Å². The summed E-state index contributed by atoms with van der Waals surface area (Å²) in [5, 5.41) is 35.2.